The normalized spacial score (nSPS) is 20.3. The zero-order valence-electron chi connectivity index (χ0n) is 13.6. The molecule has 1 heterocycles. The maximum Gasteiger partial charge on any atom is 0.220 e. The maximum absolute atomic E-state index is 13.7. The van der Waals surface area contributed by atoms with Crippen molar-refractivity contribution >= 4 is 18.3 Å². The third-order valence-electron chi connectivity index (χ3n) is 4.46. The third-order valence-corrected chi connectivity index (χ3v) is 4.46. The summed E-state index contributed by atoms with van der Waals surface area (Å²) in [7, 11) is 0. The van der Waals surface area contributed by atoms with Crippen molar-refractivity contribution in [1.29, 1.82) is 0 Å². The lowest BCUT2D eigenvalue weighted by atomic mass is 9.85. The van der Waals surface area contributed by atoms with Crippen LogP contribution in [0, 0.1) is 23.5 Å². The predicted molar refractivity (Wildman–Crippen MR) is 89.5 cm³/mol. The summed E-state index contributed by atoms with van der Waals surface area (Å²) in [5.41, 5.74) is -0.0807. The lowest BCUT2D eigenvalue weighted by molar-refractivity contribution is -0.123. The van der Waals surface area contributed by atoms with Crippen LogP contribution in [0.1, 0.15) is 44.7 Å². The molecule has 3 unspecified atom stereocenters. The summed E-state index contributed by atoms with van der Waals surface area (Å²) in [5.74, 6) is -0.673. The van der Waals surface area contributed by atoms with Gasteiger partial charge in [-0.1, -0.05) is 13.0 Å². The average Bonchev–Trinajstić information content (AvgIpc) is 2.47. The molecule has 0 aliphatic carbocycles. The Morgan fingerprint density at radius 1 is 1.35 bits per heavy atom. The fraction of sp³-hybridized carbons (Fsp3) is 0.588. The van der Waals surface area contributed by atoms with Crippen molar-refractivity contribution in [3.05, 3.63) is 35.4 Å². The van der Waals surface area contributed by atoms with E-state index in [4.69, 9.17) is 0 Å². The van der Waals surface area contributed by atoms with Crippen molar-refractivity contribution < 1.29 is 13.6 Å². The molecule has 2 rings (SSSR count). The molecule has 0 saturated carbocycles. The van der Waals surface area contributed by atoms with E-state index in [1.165, 1.54) is 18.2 Å². The monoisotopic (exact) mass is 346 g/mol. The molecule has 23 heavy (non-hydrogen) atoms. The van der Waals surface area contributed by atoms with Gasteiger partial charge in [-0.2, -0.15) is 0 Å². The number of rotatable bonds is 5. The second kappa shape index (κ2) is 9.18. The van der Waals surface area contributed by atoms with Crippen molar-refractivity contribution in [2.24, 2.45) is 11.8 Å². The topological polar surface area (TPSA) is 41.1 Å². The van der Waals surface area contributed by atoms with E-state index in [9.17, 15) is 13.6 Å². The van der Waals surface area contributed by atoms with Gasteiger partial charge in [-0.05, 0) is 56.8 Å². The van der Waals surface area contributed by atoms with Gasteiger partial charge in [-0.3, -0.25) is 4.79 Å². The first-order valence-electron chi connectivity index (χ1n) is 7.93. The Bertz CT molecular complexity index is 501. The van der Waals surface area contributed by atoms with Crippen LogP contribution in [-0.4, -0.2) is 19.0 Å². The highest BCUT2D eigenvalue weighted by Gasteiger charge is 2.24. The van der Waals surface area contributed by atoms with Crippen molar-refractivity contribution in [2.45, 2.75) is 39.2 Å². The highest BCUT2D eigenvalue weighted by atomic mass is 35.5. The van der Waals surface area contributed by atoms with E-state index in [1.54, 1.807) is 6.92 Å². The van der Waals surface area contributed by atoms with Crippen LogP contribution >= 0.6 is 12.4 Å². The molecule has 2 N–H and O–H groups in total. The molecule has 1 saturated heterocycles. The highest BCUT2D eigenvalue weighted by molar-refractivity contribution is 5.85. The van der Waals surface area contributed by atoms with Crippen LogP contribution in [-0.2, 0) is 4.79 Å². The Kier molecular flexibility index (Phi) is 7.92. The molecule has 3 nitrogen and oxygen atoms in total. The molecule has 0 aromatic heterocycles. The number of halogens is 3. The molecular weight excluding hydrogens is 322 g/mol. The fourth-order valence-electron chi connectivity index (χ4n) is 3.12. The molecule has 6 heteroatoms. The molecule has 1 aromatic carbocycles. The minimum atomic E-state index is -0.676. The average molecular weight is 347 g/mol. The lowest BCUT2D eigenvalue weighted by Crippen LogP contribution is -2.36. The molecule has 1 aliphatic heterocycles. The minimum absolute atomic E-state index is 0. The van der Waals surface area contributed by atoms with Gasteiger partial charge in [0.15, 0.2) is 0 Å². The summed E-state index contributed by atoms with van der Waals surface area (Å²) >= 11 is 0. The van der Waals surface area contributed by atoms with Gasteiger partial charge in [0.05, 0.1) is 6.04 Å². The Morgan fingerprint density at radius 3 is 2.57 bits per heavy atom. The van der Waals surface area contributed by atoms with Crippen LogP contribution in [0.25, 0.3) is 0 Å². The summed E-state index contributed by atoms with van der Waals surface area (Å²) in [6.07, 6.45) is 2.64. The second-order valence-electron chi connectivity index (χ2n) is 6.21. The van der Waals surface area contributed by atoms with Crippen molar-refractivity contribution in [1.82, 2.24) is 10.6 Å². The number of hydrogen-bond acceptors (Lipinski definition) is 2. The van der Waals surface area contributed by atoms with Gasteiger partial charge in [0, 0.05) is 12.0 Å². The molecule has 3 atom stereocenters. The van der Waals surface area contributed by atoms with Crippen LogP contribution in [0.15, 0.2) is 18.2 Å². The van der Waals surface area contributed by atoms with E-state index in [0.29, 0.717) is 12.3 Å². The standard InChI is InChI=1S/C17H24F2N2O.ClH/c1-11(13-5-4-8-20-10-13)9-16(22)21-12(2)17-14(18)6-3-7-15(17)19;/h3,6-7,11-13,20H,4-5,8-10H2,1-2H3,(H,21,22);1H. The van der Waals surface area contributed by atoms with E-state index < -0.39 is 17.7 Å². The first-order valence-corrected chi connectivity index (χ1v) is 7.93. The summed E-state index contributed by atoms with van der Waals surface area (Å²) in [6.45, 7) is 5.64. The molecule has 0 spiro atoms. The number of amides is 1. The second-order valence-corrected chi connectivity index (χ2v) is 6.21. The molecule has 0 bridgehead atoms. The Hall–Kier alpha value is -1.20. The lowest BCUT2D eigenvalue weighted by Gasteiger charge is -2.28. The quantitative estimate of drug-likeness (QED) is 0.855. The molecule has 1 fully saturated rings. The molecule has 1 aromatic rings. The van der Waals surface area contributed by atoms with Gasteiger partial charge in [-0.25, -0.2) is 8.78 Å². The van der Waals surface area contributed by atoms with Crippen molar-refractivity contribution in [3.63, 3.8) is 0 Å². The van der Waals surface area contributed by atoms with Crippen LogP contribution < -0.4 is 10.6 Å². The van der Waals surface area contributed by atoms with Gasteiger partial charge in [0.25, 0.3) is 0 Å². The van der Waals surface area contributed by atoms with Crippen molar-refractivity contribution in [3.8, 4) is 0 Å². The summed E-state index contributed by atoms with van der Waals surface area (Å²) < 4.78 is 27.4. The molecule has 1 aliphatic rings. The van der Waals surface area contributed by atoms with Crippen LogP contribution in [0.4, 0.5) is 8.78 Å². The predicted octanol–water partition coefficient (Wildman–Crippen LogP) is 3.59. The van der Waals surface area contributed by atoms with E-state index in [-0.39, 0.29) is 29.8 Å². The van der Waals surface area contributed by atoms with Gasteiger partial charge < -0.3 is 10.6 Å². The zero-order chi connectivity index (χ0) is 16.1. The van der Waals surface area contributed by atoms with Crippen LogP contribution in [0.2, 0.25) is 0 Å². The Morgan fingerprint density at radius 2 is 2.00 bits per heavy atom. The van der Waals surface area contributed by atoms with E-state index in [2.05, 4.69) is 17.6 Å². The number of carbonyl (C=O) groups is 1. The molecule has 1 amide bonds. The smallest absolute Gasteiger partial charge is 0.220 e. The van der Waals surface area contributed by atoms with Gasteiger partial charge in [-0.15, -0.1) is 12.4 Å². The van der Waals surface area contributed by atoms with E-state index in [1.807, 2.05) is 0 Å². The minimum Gasteiger partial charge on any atom is -0.349 e. The van der Waals surface area contributed by atoms with Gasteiger partial charge in [0.1, 0.15) is 11.6 Å². The van der Waals surface area contributed by atoms with E-state index in [0.717, 1.165) is 25.9 Å². The number of piperidine rings is 1. The molecule has 130 valence electrons. The van der Waals surface area contributed by atoms with Crippen LogP contribution in [0.5, 0.6) is 0 Å². The fourth-order valence-corrected chi connectivity index (χ4v) is 3.12. The summed E-state index contributed by atoms with van der Waals surface area (Å²) in [4.78, 5) is 12.1. The van der Waals surface area contributed by atoms with Gasteiger partial charge in [0.2, 0.25) is 5.91 Å². The van der Waals surface area contributed by atoms with Crippen LogP contribution in [0.3, 0.4) is 0 Å². The highest BCUT2D eigenvalue weighted by Crippen LogP contribution is 2.24. The molecule has 0 radical (unpaired) electrons. The summed E-state index contributed by atoms with van der Waals surface area (Å²) in [6, 6.07) is 3.06. The molecular formula is C17H25ClF2N2O. The summed E-state index contributed by atoms with van der Waals surface area (Å²) in [5, 5.41) is 6.05. The van der Waals surface area contributed by atoms with Gasteiger partial charge >= 0.3 is 0 Å². The first-order chi connectivity index (χ1) is 10.5. The SMILES string of the molecule is CC(NC(=O)CC(C)C1CCCNC1)c1c(F)cccc1F.Cl. The maximum atomic E-state index is 13.7. The van der Waals surface area contributed by atoms with E-state index >= 15 is 0 Å². The Labute approximate surface area is 142 Å². The Balaban J connectivity index is 0.00000264. The van der Waals surface area contributed by atoms with Crippen molar-refractivity contribution in [2.75, 3.05) is 13.1 Å². The number of nitrogens with one attached hydrogen (secondary N) is 2. The number of carbonyl (C=O) groups excluding carboxylic acids is 1. The third kappa shape index (κ3) is 5.43. The zero-order valence-corrected chi connectivity index (χ0v) is 14.4. The number of hydrogen-bond donors (Lipinski definition) is 2. The first kappa shape index (κ1) is 19.8. The number of benzene rings is 1. The largest absolute Gasteiger partial charge is 0.349 e.